The first-order valence-corrected chi connectivity index (χ1v) is 10.6. The second-order valence-electron chi connectivity index (χ2n) is 7.41. The van der Waals surface area contributed by atoms with Crippen LogP contribution in [0.4, 0.5) is 4.39 Å². The average Bonchev–Trinajstić information content (AvgIpc) is 3.34. The third kappa shape index (κ3) is 4.22. The molecule has 0 spiro atoms. The smallest absolute Gasteiger partial charge is 0.222 e. The standard InChI is InChI=1S/C21H23FN4O2S/c1-13-16(14(2)28-25-13)9-10-19(27)26-11-5-6-15(12-26)20-23-24-21(29-20)17-7-3-4-8-18(17)22/h3-4,7-8,15H,5-6,9-12H2,1-2H3/t15-/m1/s1. The van der Waals surface area contributed by atoms with Crippen LogP contribution in [0.15, 0.2) is 28.8 Å². The van der Waals surface area contributed by atoms with Crippen LogP contribution in [0, 0.1) is 19.7 Å². The molecule has 0 saturated carbocycles. The van der Waals surface area contributed by atoms with E-state index in [4.69, 9.17) is 4.52 Å². The van der Waals surface area contributed by atoms with E-state index >= 15 is 0 Å². The van der Waals surface area contributed by atoms with Crippen molar-refractivity contribution in [2.45, 2.75) is 45.4 Å². The number of likely N-dealkylation sites (tertiary alicyclic amines) is 1. The van der Waals surface area contributed by atoms with Crippen molar-refractivity contribution in [3.8, 4) is 10.6 Å². The number of amides is 1. The van der Waals surface area contributed by atoms with Crippen LogP contribution in [0.3, 0.4) is 0 Å². The van der Waals surface area contributed by atoms with Crippen LogP contribution in [-0.4, -0.2) is 39.3 Å². The summed E-state index contributed by atoms with van der Waals surface area (Å²) >= 11 is 1.41. The van der Waals surface area contributed by atoms with Gasteiger partial charge in [-0.05, 0) is 45.2 Å². The number of piperidine rings is 1. The molecule has 1 aromatic carbocycles. The van der Waals surface area contributed by atoms with Gasteiger partial charge in [0.25, 0.3) is 0 Å². The zero-order chi connectivity index (χ0) is 20.4. The Morgan fingerprint density at radius 2 is 2.14 bits per heavy atom. The molecule has 2 aromatic heterocycles. The summed E-state index contributed by atoms with van der Waals surface area (Å²) in [6.07, 6.45) is 2.96. The van der Waals surface area contributed by atoms with Crippen molar-refractivity contribution >= 4 is 17.2 Å². The molecule has 0 bridgehead atoms. The molecule has 152 valence electrons. The monoisotopic (exact) mass is 414 g/mol. The van der Waals surface area contributed by atoms with Crippen molar-refractivity contribution in [3.05, 3.63) is 52.1 Å². The van der Waals surface area contributed by atoms with Crippen LogP contribution in [0.5, 0.6) is 0 Å². The molecule has 0 aliphatic carbocycles. The molecule has 1 aliphatic rings. The van der Waals surface area contributed by atoms with Gasteiger partial charge in [0, 0.05) is 36.6 Å². The van der Waals surface area contributed by atoms with E-state index < -0.39 is 0 Å². The normalized spacial score (nSPS) is 16.9. The second-order valence-corrected chi connectivity index (χ2v) is 8.42. The van der Waals surface area contributed by atoms with Gasteiger partial charge in [0.2, 0.25) is 5.91 Å². The minimum absolute atomic E-state index is 0.133. The number of benzene rings is 1. The van der Waals surface area contributed by atoms with Crippen molar-refractivity contribution < 1.29 is 13.7 Å². The Kier molecular flexibility index (Phi) is 5.71. The van der Waals surface area contributed by atoms with E-state index in [1.807, 2.05) is 18.7 Å². The van der Waals surface area contributed by atoms with Crippen LogP contribution < -0.4 is 0 Å². The Balaban J connectivity index is 1.41. The predicted octanol–water partition coefficient (Wildman–Crippen LogP) is 4.29. The van der Waals surface area contributed by atoms with Crippen LogP contribution in [0.25, 0.3) is 10.6 Å². The van der Waals surface area contributed by atoms with E-state index in [-0.39, 0.29) is 17.6 Å². The molecule has 1 fully saturated rings. The zero-order valence-corrected chi connectivity index (χ0v) is 17.3. The Morgan fingerprint density at radius 1 is 1.31 bits per heavy atom. The minimum atomic E-state index is -0.296. The fourth-order valence-electron chi connectivity index (χ4n) is 3.80. The van der Waals surface area contributed by atoms with E-state index in [2.05, 4.69) is 15.4 Å². The highest BCUT2D eigenvalue weighted by Crippen LogP contribution is 2.33. The summed E-state index contributed by atoms with van der Waals surface area (Å²) in [7, 11) is 0. The molecule has 1 aliphatic heterocycles. The fraction of sp³-hybridized carbons (Fsp3) is 0.429. The molecule has 1 amide bonds. The maximum atomic E-state index is 14.0. The second kappa shape index (κ2) is 8.41. The fourth-order valence-corrected chi connectivity index (χ4v) is 4.79. The van der Waals surface area contributed by atoms with Crippen LogP contribution in [0.1, 0.15) is 47.2 Å². The maximum Gasteiger partial charge on any atom is 0.222 e. The van der Waals surface area contributed by atoms with E-state index in [1.165, 1.54) is 17.4 Å². The van der Waals surface area contributed by atoms with Gasteiger partial charge in [0.15, 0.2) is 5.01 Å². The predicted molar refractivity (Wildman–Crippen MR) is 108 cm³/mol. The highest BCUT2D eigenvalue weighted by Gasteiger charge is 2.27. The maximum absolute atomic E-state index is 14.0. The zero-order valence-electron chi connectivity index (χ0n) is 16.5. The Morgan fingerprint density at radius 3 is 2.90 bits per heavy atom. The van der Waals surface area contributed by atoms with Crippen molar-refractivity contribution in [3.63, 3.8) is 0 Å². The summed E-state index contributed by atoms with van der Waals surface area (Å²) in [5.74, 6) is 0.759. The number of aromatic nitrogens is 3. The third-order valence-electron chi connectivity index (χ3n) is 5.44. The van der Waals surface area contributed by atoms with Crippen molar-refractivity contribution in [1.82, 2.24) is 20.3 Å². The number of hydrogen-bond acceptors (Lipinski definition) is 6. The number of carbonyl (C=O) groups excluding carboxylic acids is 1. The third-order valence-corrected chi connectivity index (χ3v) is 6.56. The summed E-state index contributed by atoms with van der Waals surface area (Å²) in [6.45, 7) is 5.16. The van der Waals surface area contributed by atoms with Crippen LogP contribution >= 0.6 is 11.3 Å². The quantitative estimate of drug-likeness (QED) is 0.623. The van der Waals surface area contributed by atoms with Gasteiger partial charge >= 0.3 is 0 Å². The number of nitrogens with zero attached hydrogens (tertiary/aromatic N) is 4. The van der Waals surface area contributed by atoms with E-state index in [1.54, 1.807) is 18.2 Å². The van der Waals surface area contributed by atoms with Gasteiger partial charge in [-0.2, -0.15) is 0 Å². The van der Waals surface area contributed by atoms with Crippen molar-refractivity contribution in [2.24, 2.45) is 0 Å². The lowest BCUT2D eigenvalue weighted by Gasteiger charge is -2.31. The van der Waals surface area contributed by atoms with E-state index in [9.17, 15) is 9.18 Å². The summed E-state index contributed by atoms with van der Waals surface area (Å²) in [5.41, 5.74) is 2.34. The number of carbonyl (C=O) groups is 1. The highest BCUT2D eigenvalue weighted by atomic mass is 32.1. The lowest BCUT2D eigenvalue weighted by molar-refractivity contribution is -0.132. The molecule has 4 rings (SSSR count). The number of hydrogen-bond donors (Lipinski definition) is 0. The number of rotatable bonds is 5. The molecule has 6 nitrogen and oxygen atoms in total. The van der Waals surface area contributed by atoms with Gasteiger partial charge in [-0.3, -0.25) is 4.79 Å². The molecule has 0 unspecified atom stereocenters. The van der Waals surface area contributed by atoms with Crippen molar-refractivity contribution in [1.29, 1.82) is 0 Å². The Hall–Kier alpha value is -2.61. The lowest BCUT2D eigenvalue weighted by Crippen LogP contribution is -2.39. The molecule has 1 atom stereocenters. The van der Waals surface area contributed by atoms with Gasteiger partial charge in [-0.15, -0.1) is 10.2 Å². The first-order chi connectivity index (χ1) is 14.0. The Bertz CT molecular complexity index is 996. The van der Waals surface area contributed by atoms with Gasteiger partial charge < -0.3 is 9.42 Å². The molecule has 8 heteroatoms. The molecule has 0 radical (unpaired) electrons. The van der Waals surface area contributed by atoms with Gasteiger partial charge in [-0.1, -0.05) is 28.6 Å². The summed E-state index contributed by atoms with van der Waals surface area (Å²) in [6, 6.07) is 6.59. The molecule has 3 heterocycles. The van der Waals surface area contributed by atoms with Crippen molar-refractivity contribution in [2.75, 3.05) is 13.1 Å². The molecule has 0 N–H and O–H groups in total. The average molecular weight is 415 g/mol. The molecule has 1 saturated heterocycles. The SMILES string of the molecule is Cc1noc(C)c1CCC(=O)N1CCC[C@@H](c2nnc(-c3ccccc3F)s2)C1. The first kappa shape index (κ1) is 19.7. The summed E-state index contributed by atoms with van der Waals surface area (Å²) < 4.78 is 19.2. The highest BCUT2D eigenvalue weighted by molar-refractivity contribution is 7.14. The van der Waals surface area contributed by atoms with Gasteiger partial charge in [-0.25, -0.2) is 4.39 Å². The number of halogens is 1. The summed E-state index contributed by atoms with van der Waals surface area (Å²) in [5, 5.41) is 13.9. The first-order valence-electron chi connectivity index (χ1n) is 9.80. The van der Waals surface area contributed by atoms with E-state index in [0.29, 0.717) is 30.0 Å². The number of aryl methyl sites for hydroxylation is 2. The van der Waals surface area contributed by atoms with Gasteiger partial charge in [0.1, 0.15) is 16.6 Å². The largest absolute Gasteiger partial charge is 0.361 e. The topological polar surface area (TPSA) is 72.1 Å². The van der Waals surface area contributed by atoms with Crippen LogP contribution in [0.2, 0.25) is 0 Å². The van der Waals surface area contributed by atoms with E-state index in [0.717, 1.165) is 41.4 Å². The van der Waals surface area contributed by atoms with Gasteiger partial charge in [0.05, 0.1) is 5.69 Å². The van der Waals surface area contributed by atoms with Crippen LogP contribution in [-0.2, 0) is 11.2 Å². The minimum Gasteiger partial charge on any atom is -0.361 e. The Labute approximate surface area is 172 Å². The molecular formula is C21H23FN4O2S. The molecule has 3 aromatic rings. The molecule has 29 heavy (non-hydrogen) atoms. The lowest BCUT2D eigenvalue weighted by atomic mass is 9.98. The summed E-state index contributed by atoms with van der Waals surface area (Å²) in [4.78, 5) is 14.7. The molecular weight excluding hydrogens is 391 g/mol.